The van der Waals surface area contributed by atoms with Crippen LogP contribution < -0.4 is 15.4 Å². The molecule has 4 rings (SSSR count). The van der Waals surface area contributed by atoms with Crippen LogP contribution in [0.5, 0.6) is 5.75 Å². The lowest BCUT2D eigenvalue weighted by molar-refractivity contribution is 0.0191. The number of ether oxygens (including phenoxy) is 2. The van der Waals surface area contributed by atoms with E-state index >= 15 is 0 Å². The van der Waals surface area contributed by atoms with Crippen LogP contribution in [0.2, 0.25) is 10.0 Å². The number of piperidine rings is 1. The van der Waals surface area contributed by atoms with Gasteiger partial charge in [-0.1, -0.05) is 35.3 Å². The Morgan fingerprint density at radius 2 is 1.88 bits per heavy atom. The second-order valence-corrected chi connectivity index (χ2v) is 11.5. The number of carbonyl (C=O) groups is 2. The van der Waals surface area contributed by atoms with Gasteiger partial charge in [0.05, 0.1) is 23.1 Å². The Balaban J connectivity index is 1.34. The Morgan fingerprint density at radius 3 is 2.59 bits per heavy atom. The summed E-state index contributed by atoms with van der Waals surface area (Å²) in [6.45, 7) is 8.13. The van der Waals surface area contributed by atoms with Crippen LogP contribution in [0, 0.1) is 5.82 Å². The number of amides is 3. The molecular weight excluding hydrogens is 572 g/mol. The first-order chi connectivity index (χ1) is 19.4. The van der Waals surface area contributed by atoms with E-state index in [1.54, 1.807) is 30.0 Å². The van der Waals surface area contributed by atoms with E-state index in [0.29, 0.717) is 46.5 Å². The standard InChI is InChI=1S/C29H32Cl2FN5O4/c1-17(24-22(30)10-11-23(32)25(24)31)40-21-9-5-7-18(13-21)26-33-14-20(15-34-26)36-27(38)35-19-8-6-12-37(16-19)28(39)41-29(2,3)4/h5,7,9-11,13-15,17,19H,6,8,12,16H2,1-4H3,(H2,35,36,38). The molecule has 0 aliphatic carbocycles. The molecule has 1 aliphatic heterocycles. The largest absolute Gasteiger partial charge is 0.486 e. The zero-order valence-electron chi connectivity index (χ0n) is 23.2. The molecule has 9 nitrogen and oxygen atoms in total. The SMILES string of the molecule is CC(Oc1cccc(-c2ncc(NC(=O)NC3CCCN(C(=O)OC(C)(C)C)C3)cn2)c1)c1c(Cl)ccc(F)c1Cl. The van der Waals surface area contributed by atoms with E-state index in [2.05, 4.69) is 20.6 Å². The van der Waals surface area contributed by atoms with Crippen molar-refractivity contribution in [3.8, 4) is 17.1 Å². The van der Waals surface area contributed by atoms with Crippen molar-refractivity contribution in [2.75, 3.05) is 18.4 Å². The van der Waals surface area contributed by atoms with Crippen molar-refractivity contribution in [2.45, 2.75) is 58.3 Å². The average molecular weight is 605 g/mol. The van der Waals surface area contributed by atoms with E-state index in [-0.39, 0.29) is 17.2 Å². The summed E-state index contributed by atoms with van der Waals surface area (Å²) in [5, 5.41) is 5.85. The molecule has 0 bridgehead atoms. The number of rotatable bonds is 6. The van der Waals surface area contributed by atoms with Crippen LogP contribution in [-0.4, -0.2) is 51.7 Å². The van der Waals surface area contributed by atoms with Gasteiger partial charge in [0, 0.05) is 35.3 Å². The van der Waals surface area contributed by atoms with Crippen LogP contribution in [0.15, 0.2) is 48.8 Å². The number of nitrogens with one attached hydrogen (secondary N) is 2. The minimum atomic E-state index is -0.618. The highest BCUT2D eigenvalue weighted by Crippen LogP contribution is 2.35. The highest BCUT2D eigenvalue weighted by molar-refractivity contribution is 6.36. The predicted molar refractivity (Wildman–Crippen MR) is 156 cm³/mol. The molecule has 1 fully saturated rings. The molecule has 12 heteroatoms. The number of likely N-dealkylation sites (tertiary alicyclic amines) is 1. The molecule has 3 amide bonds. The van der Waals surface area contributed by atoms with Crippen molar-refractivity contribution in [1.29, 1.82) is 0 Å². The minimum Gasteiger partial charge on any atom is -0.486 e. The fraction of sp³-hybridized carbons (Fsp3) is 0.379. The van der Waals surface area contributed by atoms with Crippen LogP contribution in [-0.2, 0) is 4.74 Å². The Labute approximate surface area is 248 Å². The van der Waals surface area contributed by atoms with Crippen LogP contribution in [0.1, 0.15) is 52.2 Å². The lowest BCUT2D eigenvalue weighted by atomic mass is 10.1. The molecule has 3 aromatic rings. The summed E-state index contributed by atoms with van der Waals surface area (Å²) >= 11 is 12.3. The van der Waals surface area contributed by atoms with Gasteiger partial charge in [-0.2, -0.15) is 0 Å². The number of aromatic nitrogens is 2. The van der Waals surface area contributed by atoms with Gasteiger partial charge < -0.3 is 25.0 Å². The van der Waals surface area contributed by atoms with Gasteiger partial charge in [-0.05, 0) is 64.8 Å². The van der Waals surface area contributed by atoms with Crippen LogP contribution in [0.3, 0.4) is 0 Å². The maximum Gasteiger partial charge on any atom is 0.410 e. The van der Waals surface area contributed by atoms with Crippen molar-refractivity contribution >= 4 is 41.0 Å². The third-order valence-corrected chi connectivity index (χ3v) is 6.92. The summed E-state index contributed by atoms with van der Waals surface area (Å²) in [7, 11) is 0. The van der Waals surface area contributed by atoms with Crippen molar-refractivity contribution in [1.82, 2.24) is 20.2 Å². The number of anilines is 1. The van der Waals surface area contributed by atoms with Gasteiger partial charge in [0.15, 0.2) is 5.82 Å². The van der Waals surface area contributed by atoms with Crippen molar-refractivity contribution in [2.24, 2.45) is 0 Å². The summed E-state index contributed by atoms with van der Waals surface area (Å²) in [5.74, 6) is 0.327. The summed E-state index contributed by atoms with van der Waals surface area (Å²) in [6, 6.07) is 9.09. The fourth-order valence-electron chi connectivity index (χ4n) is 4.37. The van der Waals surface area contributed by atoms with Crippen molar-refractivity contribution < 1.29 is 23.5 Å². The van der Waals surface area contributed by atoms with E-state index in [1.165, 1.54) is 24.5 Å². The van der Waals surface area contributed by atoms with Gasteiger partial charge in [0.25, 0.3) is 0 Å². The monoisotopic (exact) mass is 603 g/mol. The van der Waals surface area contributed by atoms with Gasteiger partial charge in [-0.15, -0.1) is 0 Å². The molecule has 41 heavy (non-hydrogen) atoms. The molecule has 1 aliphatic rings. The van der Waals surface area contributed by atoms with Gasteiger partial charge in [-0.3, -0.25) is 0 Å². The normalized spacial score (nSPS) is 16.1. The van der Waals surface area contributed by atoms with Gasteiger partial charge in [0.1, 0.15) is 23.3 Å². The Hall–Kier alpha value is -3.63. The Kier molecular flexibility index (Phi) is 9.55. The fourth-order valence-corrected chi connectivity index (χ4v) is 5.05. The summed E-state index contributed by atoms with van der Waals surface area (Å²) in [6.07, 6.45) is 3.49. The van der Waals surface area contributed by atoms with Gasteiger partial charge in [-0.25, -0.2) is 23.9 Å². The molecule has 2 atom stereocenters. The van der Waals surface area contributed by atoms with E-state index in [1.807, 2.05) is 26.8 Å². The first-order valence-corrected chi connectivity index (χ1v) is 13.9. The van der Waals surface area contributed by atoms with E-state index in [9.17, 15) is 14.0 Å². The Bertz CT molecular complexity index is 1400. The molecule has 1 saturated heterocycles. The molecule has 2 unspecified atom stereocenters. The second-order valence-electron chi connectivity index (χ2n) is 10.7. The second kappa shape index (κ2) is 12.9. The van der Waals surface area contributed by atoms with E-state index < -0.39 is 23.6 Å². The van der Waals surface area contributed by atoms with E-state index in [0.717, 1.165) is 12.8 Å². The highest BCUT2D eigenvalue weighted by Gasteiger charge is 2.28. The number of hydrogen-bond acceptors (Lipinski definition) is 6. The molecule has 1 aromatic heterocycles. The first kappa shape index (κ1) is 30.3. The zero-order chi connectivity index (χ0) is 29.7. The predicted octanol–water partition coefficient (Wildman–Crippen LogP) is 7.25. The smallest absolute Gasteiger partial charge is 0.410 e. The third kappa shape index (κ3) is 8.20. The zero-order valence-corrected chi connectivity index (χ0v) is 24.7. The lowest BCUT2D eigenvalue weighted by Crippen LogP contribution is -2.51. The van der Waals surface area contributed by atoms with E-state index in [4.69, 9.17) is 32.7 Å². The molecule has 0 radical (unpaired) electrons. The van der Waals surface area contributed by atoms with Crippen LogP contribution in [0.25, 0.3) is 11.4 Å². The van der Waals surface area contributed by atoms with Crippen LogP contribution in [0.4, 0.5) is 19.7 Å². The molecule has 2 heterocycles. The number of nitrogens with zero attached hydrogens (tertiary/aromatic N) is 3. The number of urea groups is 1. The summed E-state index contributed by atoms with van der Waals surface area (Å²) in [5.41, 5.74) is 0.850. The average Bonchev–Trinajstić information content (AvgIpc) is 2.91. The molecular formula is C29H32Cl2FN5O4. The minimum absolute atomic E-state index is 0.0829. The number of carbonyl (C=O) groups excluding carboxylic acids is 2. The molecule has 2 aromatic carbocycles. The maximum atomic E-state index is 14.0. The molecule has 0 spiro atoms. The van der Waals surface area contributed by atoms with Gasteiger partial charge in [0.2, 0.25) is 0 Å². The summed E-state index contributed by atoms with van der Waals surface area (Å²) in [4.78, 5) is 35.3. The maximum absolute atomic E-state index is 14.0. The first-order valence-electron chi connectivity index (χ1n) is 13.2. The number of hydrogen-bond donors (Lipinski definition) is 2. The summed E-state index contributed by atoms with van der Waals surface area (Å²) < 4.78 is 25.4. The Morgan fingerprint density at radius 1 is 1.15 bits per heavy atom. The highest BCUT2D eigenvalue weighted by atomic mass is 35.5. The molecule has 218 valence electrons. The number of benzene rings is 2. The number of halogens is 3. The topological polar surface area (TPSA) is 106 Å². The lowest BCUT2D eigenvalue weighted by Gasteiger charge is -2.34. The van der Waals surface area contributed by atoms with Crippen molar-refractivity contribution in [3.05, 3.63) is 70.2 Å². The molecule has 2 N–H and O–H groups in total. The van der Waals surface area contributed by atoms with Crippen LogP contribution >= 0.6 is 23.2 Å². The van der Waals surface area contributed by atoms with Gasteiger partial charge >= 0.3 is 12.1 Å². The van der Waals surface area contributed by atoms with Crippen molar-refractivity contribution in [3.63, 3.8) is 0 Å². The quantitative estimate of drug-likeness (QED) is 0.287. The molecule has 0 saturated carbocycles. The third-order valence-electron chi connectivity index (χ3n) is 6.21.